The first-order valence-electron chi connectivity index (χ1n) is 7.40. The van der Waals surface area contributed by atoms with Crippen LogP contribution in [-0.4, -0.2) is 39.8 Å². The van der Waals surface area contributed by atoms with Crippen LogP contribution in [0.1, 0.15) is 19.8 Å². The van der Waals surface area contributed by atoms with Crippen LogP contribution < -0.4 is 4.90 Å². The molecular formula is C15H19F2NO4S. The molecule has 1 aliphatic rings. The van der Waals surface area contributed by atoms with E-state index in [0.717, 1.165) is 19.4 Å². The second kappa shape index (κ2) is 7.25. The van der Waals surface area contributed by atoms with Crippen molar-refractivity contribution in [3.05, 3.63) is 24.3 Å². The molecule has 1 fully saturated rings. The van der Waals surface area contributed by atoms with Crippen LogP contribution >= 0.6 is 0 Å². The van der Waals surface area contributed by atoms with Crippen LogP contribution in [0.15, 0.2) is 29.2 Å². The summed E-state index contributed by atoms with van der Waals surface area (Å²) in [6.07, 6.45) is 1.55. The molecule has 8 heteroatoms. The van der Waals surface area contributed by atoms with Crippen molar-refractivity contribution in [2.75, 3.05) is 24.6 Å². The van der Waals surface area contributed by atoms with Crippen LogP contribution in [0, 0.1) is 5.92 Å². The van der Waals surface area contributed by atoms with Gasteiger partial charge in [-0.1, -0.05) is 0 Å². The Bertz CT molecular complexity index is 646. The monoisotopic (exact) mass is 347 g/mol. The quantitative estimate of drug-likeness (QED) is 0.766. The third kappa shape index (κ3) is 3.99. The lowest BCUT2D eigenvalue weighted by Crippen LogP contribution is -2.39. The first kappa shape index (κ1) is 17.7. The van der Waals surface area contributed by atoms with Crippen molar-refractivity contribution in [1.82, 2.24) is 0 Å². The molecule has 0 unspecified atom stereocenters. The minimum absolute atomic E-state index is 0.229. The lowest BCUT2D eigenvalue weighted by atomic mass is 9.97. The van der Waals surface area contributed by atoms with Crippen molar-refractivity contribution in [1.29, 1.82) is 0 Å². The summed E-state index contributed by atoms with van der Waals surface area (Å²) in [4.78, 5) is 13.4. The lowest BCUT2D eigenvalue weighted by Gasteiger charge is -2.33. The Morgan fingerprint density at radius 3 is 2.57 bits per heavy atom. The van der Waals surface area contributed by atoms with Gasteiger partial charge in [0.15, 0.2) is 0 Å². The van der Waals surface area contributed by atoms with E-state index in [1.54, 1.807) is 6.92 Å². The van der Waals surface area contributed by atoms with Crippen molar-refractivity contribution >= 4 is 21.5 Å². The first-order valence-corrected chi connectivity index (χ1v) is 8.94. The van der Waals surface area contributed by atoms with Gasteiger partial charge in [0.1, 0.15) is 0 Å². The number of rotatable bonds is 5. The molecule has 1 aliphatic heterocycles. The average molecular weight is 347 g/mol. The van der Waals surface area contributed by atoms with Gasteiger partial charge in [-0.05, 0) is 44.0 Å². The molecule has 0 saturated carbocycles. The predicted octanol–water partition coefficient (Wildman–Crippen LogP) is 2.46. The third-order valence-electron chi connectivity index (χ3n) is 3.81. The number of benzene rings is 1. The van der Waals surface area contributed by atoms with Gasteiger partial charge in [0.2, 0.25) is 9.84 Å². The number of hydrogen-bond donors (Lipinski definition) is 0. The smallest absolute Gasteiger partial charge is 0.341 e. The third-order valence-corrected chi connectivity index (χ3v) is 5.20. The molecule has 0 aliphatic carbocycles. The Kier molecular flexibility index (Phi) is 5.56. The summed E-state index contributed by atoms with van der Waals surface area (Å²) >= 11 is 0. The molecule has 1 heterocycles. The molecule has 1 atom stereocenters. The zero-order valence-electron chi connectivity index (χ0n) is 12.7. The molecule has 23 heavy (non-hydrogen) atoms. The molecule has 0 radical (unpaired) electrons. The molecule has 0 amide bonds. The Hall–Kier alpha value is -1.70. The molecule has 128 valence electrons. The fourth-order valence-electron chi connectivity index (χ4n) is 2.61. The number of ether oxygens (including phenoxy) is 1. The number of alkyl halides is 2. The summed E-state index contributed by atoms with van der Waals surface area (Å²) in [5, 5.41) is 0. The Labute approximate surface area is 134 Å². The molecule has 0 aromatic heterocycles. The number of halogens is 2. The SMILES string of the molecule is CCOC(=O)[C@H]1CCCN(c2ccc(S(=O)(=O)C(F)F)cc2)C1. The van der Waals surface area contributed by atoms with Crippen molar-refractivity contribution in [2.45, 2.75) is 30.4 Å². The second-order valence-corrected chi connectivity index (χ2v) is 7.25. The zero-order chi connectivity index (χ0) is 17.0. The van der Waals surface area contributed by atoms with E-state index in [-0.39, 0.29) is 11.9 Å². The maximum Gasteiger partial charge on any atom is 0.341 e. The number of hydrogen-bond acceptors (Lipinski definition) is 5. The summed E-state index contributed by atoms with van der Waals surface area (Å²) in [5.41, 5.74) is 0.701. The minimum atomic E-state index is -4.58. The molecule has 1 aromatic rings. The van der Waals surface area contributed by atoms with Gasteiger partial charge in [0.25, 0.3) is 0 Å². The van der Waals surface area contributed by atoms with Crippen molar-refractivity contribution in [3.63, 3.8) is 0 Å². The summed E-state index contributed by atoms with van der Waals surface area (Å²) < 4.78 is 52.9. The van der Waals surface area contributed by atoms with E-state index in [0.29, 0.717) is 18.8 Å². The molecule has 1 saturated heterocycles. The van der Waals surface area contributed by atoms with Gasteiger partial charge >= 0.3 is 11.7 Å². The molecule has 5 nitrogen and oxygen atoms in total. The van der Waals surface area contributed by atoms with Gasteiger partial charge in [-0.3, -0.25) is 4.79 Å². The van der Waals surface area contributed by atoms with Crippen LogP contribution in [0.3, 0.4) is 0 Å². The molecule has 2 rings (SSSR count). The fraction of sp³-hybridized carbons (Fsp3) is 0.533. The number of sulfone groups is 1. The maximum absolute atomic E-state index is 12.5. The van der Waals surface area contributed by atoms with Crippen LogP contribution in [0.4, 0.5) is 14.5 Å². The van der Waals surface area contributed by atoms with Crippen molar-refractivity contribution in [3.8, 4) is 0 Å². The van der Waals surface area contributed by atoms with Crippen molar-refractivity contribution in [2.24, 2.45) is 5.92 Å². The number of nitrogens with zero attached hydrogens (tertiary/aromatic N) is 1. The van der Waals surface area contributed by atoms with Gasteiger partial charge in [-0.15, -0.1) is 0 Å². The van der Waals surface area contributed by atoms with Crippen LogP contribution in [0.25, 0.3) is 0 Å². The van der Waals surface area contributed by atoms with Gasteiger partial charge in [0.05, 0.1) is 17.4 Å². The molecule has 0 N–H and O–H groups in total. The lowest BCUT2D eigenvalue weighted by molar-refractivity contribution is -0.148. The molecule has 0 bridgehead atoms. The van der Waals surface area contributed by atoms with E-state index in [1.165, 1.54) is 24.3 Å². The van der Waals surface area contributed by atoms with E-state index in [4.69, 9.17) is 4.74 Å². The van der Waals surface area contributed by atoms with Gasteiger partial charge in [-0.25, -0.2) is 8.42 Å². The second-order valence-electron chi connectivity index (χ2n) is 5.34. The van der Waals surface area contributed by atoms with Crippen LogP contribution in [0.5, 0.6) is 0 Å². The van der Waals surface area contributed by atoms with Crippen LogP contribution in [0.2, 0.25) is 0 Å². The summed E-state index contributed by atoms with van der Waals surface area (Å²) in [6.45, 7) is 3.27. The highest BCUT2D eigenvalue weighted by Gasteiger charge is 2.29. The highest BCUT2D eigenvalue weighted by molar-refractivity contribution is 7.91. The van der Waals surface area contributed by atoms with Gasteiger partial charge in [0, 0.05) is 18.8 Å². The molecule has 0 spiro atoms. The highest BCUT2D eigenvalue weighted by atomic mass is 32.2. The van der Waals surface area contributed by atoms with E-state index < -0.39 is 20.5 Å². The number of anilines is 1. The van der Waals surface area contributed by atoms with Gasteiger partial charge < -0.3 is 9.64 Å². The average Bonchev–Trinajstić information content (AvgIpc) is 2.55. The van der Waals surface area contributed by atoms with Crippen molar-refractivity contribution < 1.29 is 26.7 Å². The zero-order valence-corrected chi connectivity index (χ0v) is 13.6. The van der Waals surface area contributed by atoms with E-state index in [9.17, 15) is 22.0 Å². The largest absolute Gasteiger partial charge is 0.466 e. The van der Waals surface area contributed by atoms with E-state index in [1.807, 2.05) is 4.90 Å². The number of carbonyl (C=O) groups excluding carboxylic acids is 1. The fourth-order valence-corrected chi connectivity index (χ4v) is 3.33. The van der Waals surface area contributed by atoms with E-state index >= 15 is 0 Å². The minimum Gasteiger partial charge on any atom is -0.466 e. The van der Waals surface area contributed by atoms with Gasteiger partial charge in [-0.2, -0.15) is 8.78 Å². The maximum atomic E-state index is 12.5. The summed E-state index contributed by atoms with van der Waals surface area (Å²) in [6, 6.07) is 5.32. The van der Waals surface area contributed by atoms with E-state index in [2.05, 4.69) is 0 Å². The Balaban J connectivity index is 2.12. The topological polar surface area (TPSA) is 63.7 Å². The Morgan fingerprint density at radius 2 is 2.00 bits per heavy atom. The number of carbonyl (C=O) groups is 1. The predicted molar refractivity (Wildman–Crippen MR) is 81.2 cm³/mol. The number of piperidine rings is 1. The summed E-state index contributed by atoms with van der Waals surface area (Å²) in [5.74, 6) is -3.90. The number of esters is 1. The standard InChI is InChI=1S/C15H19F2NO4S/c1-2-22-14(19)11-4-3-9-18(10-11)12-5-7-13(8-6-12)23(20,21)15(16)17/h5-8,11,15H,2-4,9-10H2,1H3/t11-/m0/s1. The normalized spacial score (nSPS) is 19.0. The summed E-state index contributed by atoms with van der Waals surface area (Å²) in [7, 11) is -4.58. The Morgan fingerprint density at radius 1 is 1.35 bits per heavy atom. The van der Waals surface area contributed by atoms with Crippen LogP contribution in [-0.2, 0) is 19.4 Å². The molecular weight excluding hydrogens is 328 g/mol. The first-order chi connectivity index (χ1) is 10.9. The molecule has 1 aromatic carbocycles. The highest BCUT2D eigenvalue weighted by Crippen LogP contribution is 2.26.